The number of rotatable bonds is 6. The summed E-state index contributed by atoms with van der Waals surface area (Å²) in [6.07, 6.45) is 1.54. The van der Waals surface area contributed by atoms with E-state index in [-0.39, 0.29) is 34.4 Å². The first kappa shape index (κ1) is 20.8. The summed E-state index contributed by atoms with van der Waals surface area (Å²) < 4.78 is 32.8. The number of hydrogen-bond acceptors (Lipinski definition) is 6. The molecule has 1 saturated heterocycles. The van der Waals surface area contributed by atoms with Crippen LogP contribution < -0.4 is 15.6 Å². The molecule has 0 bridgehead atoms. The van der Waals surface area contributed by atoms with Gasteiger partial charge in [0, 0.05) is 18.7 Å². The monoisotopic (exact) mass is 419 g/mol. The summed E-state index contributed by atoms with van der Waals surface area (Å²) in [6.45, 7) is 0.782. The number of phenols is 1. The fraction of sp³-hybridized carbons (Fsp3) is 0.263. The first-order valence-corrected chi connectivity index (χ1v) is 10.4. The minimum absolute atomic E-state index is 0.0116. The zero-order chi connectivity index (χ0) is 20.9. The molecule has 1 heterocycles. The lowest BCUT2D eigenvalue weighted by molar-refractivity contribution is 0.0845. The van der Waals surface area contributed by atoms with Crippen LogP contribution in [-0.4, -0.2) is 44.6 Å². The van der Waals surface area contributed by atoms with Gasteiger partial charge >= 0.3 is 0 Å². The lowest BCUT2D eigenvalue weighted by Gasteiger charge is -2.12. The van der Waals surface area contributed by atoms with Crippen molar-refractivity contribution in [2.24, 2.45) is 0 Å². The largest absolute Gasteiger partial charge is 0.507 e. The summed E-state index contributed by atoms with van der Waals surface area (Å²) in [6, 6.07) is 11.3. The molecule has 1 atom stereocenters. The highest BCUT2D eigenvalue weighted by Gasteiger charge is 2.21. The molecule has 0 spiro atoms. The lowest BCUT2D eigenvalue weighted by Crippen LogP contribution is -2.41. The maximum atomic E-state index is 12.5. The zero-order valence-corrected chi connectivity index (χ0v) is 16.2. The van der Waals surface area contributed by atoms with E-state index in [1.165, 1.54) is 36.4 Å². The highest BCUT2D eigenvalue weighted by molar-refractivity contribution is 7.89. The van der Waals surface area contributed by atoms with Crippen molar-refractivity contribution in [1.29, 1.82) is 0 Å². The van der Waals surface area contributed by atoms with Gasteiger partial charge in [0.15, 0.2) is 0 Å². The number of hydrazine groups is 1. The topological polar surface area (TPSA) is 134 Å². The molecule has 0 aliphatic carbocycles. The smallest absolute Gasteiger partial charge is 0.273 e. The van der Waals surface area contributed by atoms with Crippen LogP contribution in [0.2, 0.25) is 0 Å². The Balaban J connectivity index is 1.62. The van der Waals surface area contributed by atoms with Gasteiger partial charge in [-0.3, -0.25) is 20.4 Å². The molecule has 10 heteroatoms. The SMILES string of the molecule is O=C(NNC(=O)c1ccccc1O)c1cccc(S(=O)(=O)NC[C@H]2CCCO2)c1. The number of nitrogens with one attached hydrogen (secondary N) is 3. The first-order chi connectivity index (χ1) is 13.9. The van der Waals surface area contributed by atoms with E-state index in [2.05, 4.69) is 15.6 Å². The third-order valence-corrected chi connectivity index (χ3v) is 5.79. The van der Waals surface area contributed by atoms with Crippen molar-refractivity contribution in [3.8, 4) is 5.75 Å². The molecule has 9 nitrogen and oxygen atoms in total. The number of benzene rings is 2. The van der Waals surface area contributed by atoms with Crippen molar-refractivity contribution >= 4 is 21.8 Å². The van der Waals surface area contributed by atoms with E-state index in [9.17, 15) is 23.1 Å². The van der Waals surface area contributed by atoms with Gasteiger partial charge in [-0.25, -0.2) is 13.1 Å². The van der Waals surface area contributed by atoms with Crippen molar-refractivity contribution in [2.45, 2.75) is 23.8 Å². The quantitative estimate of drug-likeness (QED) is 0.515. The van der Waals surface area contributed by atoms with Gasteiger partial charge in [0.1, 0.15) is 5.75 Å². The van der Waals surface area contributed by atoms with E-state index in [4.69, 9.17) is 4.74 Å². The van der Waals surface area contributed by atoms with Crippen LogP contribution in [0, 0.1) is 0 Å². The number of amides is 2. The molecular weight excluding hydrogens is 398 g/mol. The van der Waals surface area contributed by atoms with E-state index >= 15 is 0 Å². The Morgan fingerprint density at radius 2 is 1.83 bits per heavy atom. The number of sulfonamides is 1. The summed E-state index contributed by atoms with van der Waals surface area (Å²) in [5.74, 6) is -1.65. The van der Waals surface area contributed by atoms with Crippen LogP contribution in [0.1, 0.15) is 33.6 Å². The highest BCUT2D eigenvalue weighted by Crippen LogP contribution is 2.16. The molecule has 2 amide bonds. The molecule has 2 aromatic carbocycles. The predicted molar refractivity (Wildman–Crippen MR) is 104 cm³/mol. The Bertz CT molecular complexity index is 1000. The Morgan fingerprint density at radius 3 is 2.55 bits per heavy atom. The number of aromatic hydroxyl groups is 1. The van der Waals surface area contributed by atoms with Crippen molar-refractivity contribution in [3.63, 3.8) is 0 Å². The third-order valence-electron chi connectivity index (χ3n) is 4.37. The number of carbonyl (C=O) groups is 2. The Hall–Kier alpha value is -2.95. The highest BCUT2D eigenvalue weighted by atomic mass is 32.2. The normalized spacial score (nSPS) is 16.3. The second kappa shape index (κ2) is 9.03. The minimum Gasteiger partial charge on any atom is -0.507 e. The van der Waals surface area contributed by atoms with Gasteiger partial charge in [-0.05, 0) is 43.2 Å². The third kappa shape index (κ3) is 5.31. The predicted octanol–water partition coefficient (Wildman–Crippen LogP) is 0.924. The molecule has 0 radical (unpaired) electrons. The summed E-state index contributed by atoms with van der Waals surface area (Å²) in [5.41, 5.74) is 4.41. The number of ether oxygens (including phenoxy) is 1. The van der Waals surface area contributed by atoms with Gasteiger partial charge in [0.05, 0.1) is 16.6 Å². The number of para-hydroxylation sites is 1. The average Bonchev–Trinajstić information content (AvgIpc) is 3.24. The van der Waals surface area contributed by atoms with E-state index in [0.717, 1.165) is 12.8 Å². The van der Waals surface area contributed by atoms with Gasteiger partial charge in [0.25, 0.3) is 11.8 Å². The van der Waals surface area contributed by atoms with Crippen LogP contribution >= 0.6 is 0 Å². The Labute approximate surface area is 168 Å². The van der Waals surface area contributed by atoms with E-state index in [1.807, 2.05) is 0 Å². The van der Waals surface area contributed by atoms with Crippen LogP contribution in [0.25, 0.3) is 0 Å². The number of hydrogen-bond donors (Lipinski definition) is 4. The molecule has 0 saturated carbocycles. The van der Waals surface area contributed by atoms with Gasteiger partial charge in [-0.2, -0.15) is 0 Å². The summed E-state index contributed by atoms with van der Waals surface area (Å²) in [5, 5.41) is 9.66. The molecule has 3 rings (SSSR count). The maximum absolute atomic E-state index is 12.5. The molecule has 1 aliphatic heterocycles. The van der Waals surface area contributed by atoms with Crippen LogP contribution in [0.4, 0.5) is 0 Å². The molecule has 0 aromatic heterocycles. The average molecular weight is 419 g/mol. The summed E-state index contributed by atoms with van der Waals surface area (Å²) >= 11 is 0. The van der Waals surface area contributed by atoms with E-state index in [0.29, 0.717) is 6.61 Å². The van der Waals surface area contributed by atoms with Crippen molar-refractivity contribution in [2.75, 3.05) is 13.2 Å². The van der Waals surface area contributed by atoms with E-state index in [1.54, 1.807) is 12.1 Å². The van der Waals surface area contributed by atoms with Gasteiger partial charge in [-0.1, -0.05) is 18.2 Å². The fourth-order valence-corrected chi connectivity index (χ4v) is 3.93. The molecule has 29 heavy (non-hydrogen) atoms. The molecule has 1 fully saturated rings. The summed E-state index contributed by atoms with van der Waals surface area (Å²) in [7, 11) is -3.81. The van der Waals surface area contributed by atoms with Crippen molar-refractivity contribution < 1.29 is 27.9 Å². The van der Waals surface area contributed by atoms with Crippen LogP contribution in [0.5, 0.6) is 5.75 Å². The zero-order valence-electron chi connectivity index (χ0n) is 15.4. The number of phenolic OH excluding ortho intramolecular Hbond substituents is 1. The molecule has 1 aliphatic rings. The summed E-state index contributed by atoms with van der Waals surface area (Å²) in [4.78, 5) is 24.2. The van der Waals surface area contributed by atoms with Crippen LogP contribution in [0.3, 0.4) is 0 Å². The molecule has 4 N–H and O–H groups in total. The van der Waals surface area contributed by atoms with Gasteiger partial charge in [-0.15, -0.1) is 0 Å². The van der Waals surface area contributed by atoms with Gasteiger partial charge < -0.3 is 9.84 Å². The first-order valence-electron chi connectivity index (χ1n) is 8.97. The second-order valence-corrected chi connectivity index (χ2v) is 8.21. The van der Waals surface area contributed by atoms with Crippen LogP contribution in [-0.2, 0) is 14.8 Å². The van der Waals surface area contributed by atoms with Gasteiger partial charge in [0.2, 0.25) is 10.0 Å². The van der Waals surface area contributed by atoms with Crippen molar-refractivity contribution in [1.82, 2.24) is 15.6 Å². The Morgan fingerprint density at radius 1 is 1.07 bits per heavy atom. The number of carbonyl (C=O) groups excluding carboxylic acids is 2. The molecule has 2 aromatic rings. The Kier molecular flexibility index (Phi) is 6.47. The van der Waals surface area contributed by atoms with Crippen molar-refractivity contribution in [3.05, 3.63) is 59.7 Å². The van der Waals surface area contributed by atoms with Crippen LogP contribution in [0.15, 0.2) is 53.4 Å². The molecule has 0 unspecified atom stereocenters. The maximum Gasteiger partial charge on any atom is 0.273 e. The van der Waals surface area contributed by atoms with E-state index < -0.39 is 21.8 Å². The lowest BCUT2D eigenvalue weighted by atomic mass is 10.2. The second-order valence-electron chi connectivity index (χ2n) is 6.44. The molecular formula is C19H21N3O6S. The minimum atomic E-state index is -3.81. The standard InChI is InChI=1S/C19H21N3O6S/c23-17-9-2-1-8-16(17)19(25)22-21-18(24)13-5-3-7-15(11-13)29(26,27)20-12-14-6-4-10-28-14/h1-3,5,7-9,11,14,20,23H,4,6,10,12H2,(H,21,24)(H,22,25)/t14-/m1/s1. The molecule has 154 valence electrons. The fourth-order valence-electron chi connectivity index (χ4n) is 2.81.